The molecule has 22 heavy (non-hydrogen) atoms. The summed E-state index contributed by atoms with van der Waals surface area (Å²) in [5.74, 6) is 0.585. The van der Waals surface area contributed by atoms with Crippen molar-refractivity contribution < 1.29 is 9.53 Å². The number of hydrogen-bond acceptors (Lipinski definition) is 2. The monoisotopic (exact) mass is 359 g/mol. The van der Waals surface area contributed by atoms with Crippen molar-refractivity contribution in [2.75, 3.05) is 11.9 Å². The number of amides is 1. The fourth-order valence-corrected chi connectivity index (χ4v) is 2.56. The zero-order valence-electron chi connectivity index (χ0n) is 12.6. The molecule has 2 aromatic rings. The van der Waals surface area contributed by atoms with Gasteiger partial charge in [0.1, 0.15) is 5.75 Å². The van der Waals surface area contributed by atoms with E-state index in [0.29, 0.717) is 6.61 Å². The molecule has 1 amide bonds. The van der Waals surface area contributed by atoms with E-state index in [9.17, 15) is 4.79 Å². The van der Waals surface area contributed by atoms with Crippen LogP contribution < -0.4 is 10.1 Å². The van der Waals surface area contributed by atoms with Crippen molar-refractivity contribution in [3.63, 3.8) is 0 Å². The molecule has 1 N–H and O–H groups in total. The Morgan fingerprint density at radius 1 is 1.27 bits per heavy atom. The molecule has 0 atom stereocenters. The maximum absolute atomic E-state index is 12.0. The van der Waals surface area contributed by atoms with Crippen LogP contribution in [0.4, 0.5) is 5.69 Å². The first-order chi connectivity index (χ1) is 10.6. The predicted octanol–water partition coefficient (Wildman–Crippen LogP) is 4.81. The van der Waals surface area contributed by atoms with Crippen LogP contribution in [-0.2, 0) is 4.79 Å². The summed E-state index contributed by atoms with van der Waals surface area (Å²) in [4.78, 5) is 12.0. The van der Waals surface area contributed by atoms with E-state index < -0.39 is 0 Å². The molecule has 0 spiro atoms. The van der Waals surface area contributed by atoms with Crippen molar-refractivity contribution in [2.45, 2.75) is 13.8 Å². The lowest BCUT2D eigenvalue weighted by molar-refractivity contribution is -0.111. The molecule has 0 radical (unpaired) electrons. The summed E-state index contributed by atoms with van der Waals surface area (Å²) in [5, 5.41) is 2.85. The molecule has 3 nitrogen and oxygen atoms in total. The van der Waals surface area contributed by atoms with Gasteiger partial charge in [0.25, 0.3) is 0 Å². The Hall–Kier alpha value is -2.07. The Kier molecular flexibility index (Phi) is 5.78. The van der Waals surface area contributed by atoms with Gasteiger partial charge in [-0.05, 0) is 59.6 Å². The van der Waals surface area contributed by atoms with Crippen LogP contribution in [-0.4, -0.2) is 12.5 Å². The van der Waals surface area contributed by atoms with Gasteiger partial charge in [0, 0.05) is 16.1 Å². The molecular formula is C18H18BrNO2. The molecule has 0 aliphatic rings. The number of rotatable bonds is 5. The summed E-state index contributed by atoms with van der Waals surface area (Å²) in [6.07, 6.45) is 3.26. The lowest BCUT2D eigenvalue weighted by atomic mass is 10.2. The van der Waals surface area contributed by atoms with Crippen molar-refractivity contribution in [1.82, 2.24) is 0 Å². The van der Waals surface area contributed by atoms with Gasteiger partial charge in [0.2, 0.25) is 5.91 Å². The minimum absolute atomic E-state index is 0.184. The number of para-hydroxylation sites is 1. The van der Waals surface area contributed by atoms with E-state index in [1.165, 1.54) is 6.08 Å². The van der Waals surface area contributed by atoms with Gasteiger partial charge < -0.3 is 10.1 Å². The number of nitrogens with one attached hydrogen (secondary N) is 1. The standard InChI is InChI=1S/C18H18BrNO2/c1-3-22-17-7-5-4-6-14(17)9-11-18(21)20-16-10-8-13(2)12-15(16)19/h4-12H,3H2,1-2H3,(H,20,21). The van der Waals surface area contributed by atoms with E-state index in [0.717, 1.165) is 27.0 Å². The minimum Gasteiger partial charge on any atom is -0.493 e. The normalized spacial score (nSPS) is 10.7. The second-order valence-corrected chi connectivity index (χ2v) is 5.63. The van der Waals surface area contributed by atoms with E-state index >= 15 is 0 Å². The van der Waals surface area contributed by atoms with Gasteiger partial charge in [-0.25, -0.2) is 0 Å². The predicted molar refractivity (Wildman–Crippen MR) is 94.2 cm³/mol. The Balaban J connectivity index is 2.08. The molecule has 114 valence electrons. The maximum Gasteiger partial charge on any atom is 0.248 e. The number of carbonyl (C=O) groups excluding carboxylic acids is 1. The number of ether oxygens (including phenoxy) is 1. The van der Waals surface area contributed by atoms with E-state index in [2.05, 4.69) is 21.2 Å². The third-order valence-corrected chi connectivity index (χ3v) is 3.67. The number of benzene rings is 2. The molecule has 0 bridgehead atoms. The fourth-order valence-electron chi connectivity index (χ4n) is 1.97. The topological polar surface area (TPSA) is 38.3 Å². The highest BCUT2D eigenvalue weighted by atomic mass is 79.9. The highest BCUT2D eigenvalue weighted by molar-refractivity contribution is 9.10. The smallest absolute Gasteiger partial charge is 0.248 e. The average Bonchev–Trinajstić information content (AvgIpc) is 2.49. The molecule has 0 aliphatic carbocycles. The SMILES string of the molecule is CCOc1ccccc1C=CC(=O)Nc1ccc(C)cc1Br. The largest absolute Gasteiger partial charge is 0.493 e. The summed E-state index contributed by atoms with van der Waals surface area (Å²) < 4.78 is 6.39. The molecule has 0 heterocycles. The average molecular weight is 360 g/mol. The van der Waals surface area contributed by atoms with Crippen molar-refractivity contribution >= 4 is 33.6 Å². The van der Waals surface area contributed by atoms with Crippen LogP contribution in [0.2, 0.25) is 0 Å². The Labute approximate surface area is 139 Å². The Morgan fingerprint density at radius 3 is 2.77 bits per heavy atom. The van der Waals surface area contributed by atoms with Gasteiger partial charge >= 0.3 is 0 Å². The van der Waals surface area contributed by atoms with Crippen molar-refractivity contribution in [1.29, 1.82) is 0 Å². The number of hydrogen-bond donors (Lipinski definition) is 1. The molecule has 4 heteroatoms. The van der Waals surface area contributed by atoms with Crippen LogP contribution in [0.3, 0.4) is 0 Å². The van der Waals surface area contributed by atoms with Crippen LogP contribution >= 0.6 is 15.9 Å². The lowest BCUT2D eigenvalue weighted by Gasteiger charge is -2.07. The van der Waals surface area contributed by atoms with E-state index in [4.69, 9.17) is 4.74 Å². The molecule has 0 aromatic heterocycles. The highest BCUT2D eigenvalue weighted by Gasteiger charge is 2.04. The van der Waals surface area contributed by atoms with Crippen LogP contribution in [0.15, 0.2) is 53.0 Å². The molecule has 2 aromatic carbocycles. The first-order valence-corrected chi connectivity index (χ1v) is 7.86. The molecule has 0 fully saturated rings. The molecular weight excluding hydrogens is 342 g/mol. The highest BCUT2D eigenvalue weighted by Crippen LogP contribution is 2.23. The quantitative estimate of drug-likeness (QED) is 0.778. The Bertz CT molecular complexity index is 695. The number of carbonyl (C=O) groups is 1. The fraction of sp³-hybridized carbons (Fsp3) is 0.167. The van der Waals surface area contributed by atoms with E-state index in [1.54, 1.807) is 6.08 Å². The summed E-state index contributed by atoms with van der Waals surface area (Å²) >= 11 is 3.44. The van der Waals surface area contributed by atoms with Crippen LogP contribution in [0, 0.1) is 6.92 Å². The van der Waals surface area contributed by atoms with Gasteiger partial charge in [-0.1, -0.05) is 24.3 Å². The van der Waals surface area contributed by atoms with Gasteiger partial charge in [0.15, 0.2) is 0 Å². The number of aryl methyl sites for hydroxylation is 1. The van der Waals surface area contributed by atoms with Gasteiger partial charge in [-0.2, -0.15) is 0 Å². The van der Waals surface area contributed by atoms with Gasteiger partial charge in [0.05, 0.1) is 12.3 Å². The summed E-state index contributed by atoms with van der Waals surface area (Å²) in [7, 11) is 0. The van der Waals surface area contributed by atoms with Crippen molar-refractivity contribution in [2.24, 2.45) is 0 Å². The van der Waals surface area contributed by atoms with Gasteiger partial charge in [-0.3, -0.25) is 4.79 Å². The molecule has 0 unspecified atom stereocenters. The molecule has 0 aliphatic heterocycles. The van der Waals surface area contributed by atoms with E-state index in [1.807, 2.05) is 56.3 Å². The molecule has 2 rings (SSSR count). The molecule has 0 saturated carbocycles. The van der Waals surface area contributed by atoms with Gasteiger partial charge in [-0.15, -0.1) is 0 Å². The summed E-state index contributed by atoms with van der Waals surface area (Å²) in [6, 6.07) is 13.4. The minimum atomic E-state index is -0.184. The summed E-state index contributed by atoms with van der Waals surface area (Å²) in [6.45, 7) is 4.52. The van der Waals surface area contributed by atoms with Crippen LogP contribution in [0.1, 0.15) is 18.1 Å². The zero-order valence-corrected chi connectivity index (χ0v) is 14.2. The maximum atomic E-state index is 12.0. The Morgan fingerprint density at radius 2 is 2.05 bits per heavy atom. The van der Waals surface area contributed by atoms with Crippen LogP contribution in [0.5, 0.6) is 5.75 Å². The second kappa shape index (κ2) is 7.80. The number of anilines is 1. The van der Waals surface area contributed by atoms with E-state index in [-0.39, 0.29) is 5.91 Å². The number of halogens is 1. The first-order valence-electron chi connectivity index (χ1n) is 7.07. The summed E-state index contributed by atoms with van der Waals surface area (Å²) in [5.41, 5.74) is 2.76. The van der Waals surface area contributed by atoms with Crippen molar-refractivity contribution in [3.05, 3.63) is 64.1 Å². The second-order valence-electron chi connectivity index (χ2n) is 4.78. The first kappa shape index (κ1) is 16.3. The third-order valence-electron chi connectivity index (χ3n) is 3.02. The van der Waals surface area contributed by atoms with Crippen molar-refractivity contribution in [3.8, 4) is 5.75 Å². The molecule has 0 saturated heterocycles. The zero-order chi connectivity index (χ0) is 15.9. The third kappa shape index (κ3) is 4.46. The van der Waals surface area contributed by atoms with Crippen LogP contribution in [0.25, 0.3) is 6.08 Å². The lowest BCUT2D eigenvalue weighted by Crippen LogP contribution is -2.08.